The number of rotatable bonds is 4. The molecule has 0 amide bonds. The zero-order chi connectivity index (χ0) is 16.1. The topological polar surface area (TPSA) is 94.7 Å². The van der Waals surface area contributed by atoms with Gasteiger partial charge >= 0.3 is 0 Å². The number of nitrogens with one attached hydrogen (secondary N) is 1. The lowest BCUT2D eigenvalue weighted by molar-refractivity contribution is 0.297. The lowest BCUT2D eigenvalue weighted by atomic mass is 10.3. The van der Waals surface area contributed by atoms with E-state index in [1.807, 2.05) is 25.1 Å². The van der Waals surface area contributed by atoms with E-state index in [2.05, 4.69) is 20.5 Å². The molecule has 0 unspecified atom stereocenters. The maximum Gasteiger partial charge on any atom is 0.193 e. The number of guanidine groups is 1. The molecule has 0 radical (unpaired) electrons. The summed E-state index contributed by atoms with van der Waals surface area (Å²) in [7, 11) is 0. The van der Waals surface area contributed by atoms with Crippen LogP contribution in [0.1, 0.15) is 23.4 Å². The van der Waals surface area contributed by atoms with Gasteiger partial charge in [0.15, 0.2) is 17.5 Å². The lowest BCUT2D eigenvalue weighted by Crippen LogP contribution is -2.22. The predicted molar refractivity (Wildman–Crippen MR) is 106 cm³/mol. The van der Waals surface area contributed by atoms with E-state index in [0.29, 0.717) is 25.7 Å². The van der Waals surface area contributed by atoms with Crippen LogP contribution in [0.3, 0.4) is 0 Å². The van der Waals surface area contributed by atoms with Crippen LogP contribution in [0.2, 0.25) is 0 Å². The van der Waals surface area contributed by atoms with Crippen LogP contribution in [0.15, 0.2) is 23.2 Å². The molecule has 0 bridgehead atoms. The maximum absolute atomic E-state index is 5.92. The van der Waals surface area contributed by atoms with E-state index >= 15 is 0 Å². The van der Waals surface area contributed by atoms with Crippen molar-refractivity contribution in [3.05, 3.63) is 28.2 Å². The van der Waals surface area contributed by atoms with E-state index in [9.17, 15) is 0 Å². The highest BCUT2D eigenvalue weighted by molar-refractivity contribution is 14.0. The highest BCUT2D eigenvalue weighted by Crippen LogP contribution is 2.32. The Hall–Kier alpha value is -1.62. The van der Waals surface area contributed by atoms with E-state index < -0.39 is 0 Å². The number of fused-ring (bicyclic) bond motifs is 1. The van der Waals surface area contributed by atoms with Crippen LogP contribution in [-0.4, -0.2) is 29.4 Å². The van der Waals surface area contributed by atoms with Gasteiger partial charge in [0.2, 0.25) is 0 Å². The normalized spacial score (nSPS) is 13.8. The molecule has 0 atom stereocenters. The van der Waals surface area contributed by atoms with Gasteiger partial charge in [0.1, 0.15) is 10.0 Å². The molecule has 0 aliphatic carbocycles. The summed E-state index contributed by atoms with van der Waals surface area (Å²) in [6.07, 6.45) is 1.76. The molecule has 24 heavy (non-hydrogen) atoms. The molecule has 1 aliphatic rings. The van der Waals surface area contributed by atoms with Gasteiger partial charge in [0, 0.05) is 18.2 Å². The Morgan fingerprint density at radius 1 is 1.25 bits per heavy atom. The highest BCUT2D eigenvalue weighted by atomic mass is 127. The maximum atomic E-state index is 5.92. The summed E-state index contributed by atoms with van der Waals surface area (Å²) in [5, 5.41) is 13.0. The number of nitrogens with two attached hydrogens (primary N) is 1. The van der Waals surface area contributed by atoms with Crippen LogP contribution < -0.4 is 20.5 Å². The summed E-state index contributed by atoms with van der Waals surface area (Å²) in [6.45, 7) is 3.79. The molecule has 0 spiro atoms. The minimum atomic E-state index is 0. The Morgan fingerprint density at radius 3 is 2.75 bits per heavy atom. The molecular formula is C15H20IN5O2S. The summed E-state index contributed by atoms with van der Waals surface area (Å²) in [5.41, 5.74) is 6.73. The Labute approximate surface area is 161 Å². The van der Waals surface area contributed by atoms with Gasteiger partial charge in [-0.05, 0) is 18.6 Å². The number of nitrogens with zero attached hydrogens (tertiary/aromatic N) is 3. The number of ether oxygens (including phenoxy) is 2. The average molecular weight is 461 g/mol. The van der Waals surface area contributed by atoms with Crippen LogP contribution in [0.4, 0.5) is 5.69 Å². The van der Waals surface area contributed by atoms with Crippen molar-refractivity contribution in [1.29, 1.82) is 0 Å². The smallest absolute Gasteiger partial charge is 0.193 e. The number of hydrogen-bond donors (Lipinski definition) is 2. The van der Waals surface area contributed by atoms with Crippen molar-refractivity contribution in [2.75, 3.05) is 18.5 Å². The van der Waals surface area contributed by atoms with Gasteiger partial charge in [-0.1, -0.05) is 18.3 Å². The quantitative estimate of drug-likeness (QED) is 0.413. The Bertz CT molecular complexity index is 707. The van der Waals surface area contributed by atoms with Crippen molar-refractivity contribution in [3.63, 3.8) is 0 Å². The standard InChI is InChI=1S/C15H19N5O2S.HI/c1-2-13-19-20-14(23-13)9-17-15(16)18-10-4-5-11-12(8-10)22-7-3-6-21-11;/h4-5,8H,2-3,6-7,9H2,1H3,(H3,16,17,18);1H. The molecule has 0 fully saturated rings. The second-order valence-electron chi connectivity index (χ2n) is 4.98. The Balaban J connectivity index is 0.00000208. The first-order chi connectivity index (χ1) is 11.2. The number of aryl methyl sites for hydroxylation is 1. The summed E-state index contributed by atoms with van der Waals surface area (Å²) < 4.78 is 11.3. The fraction of sp³-hybridized carbons (Fsp3) is 0.400. The van der Waals surface area contributed by atoms with E-state index in [-0.39, 0.29) is 24.0 Å². The van der Waals surface area contributed by atoms with Crippen molar-refractivity contribution in [1.82, 2.24) is 10.2 Å². The number of benzene rings is 1. The summed E-state index contributed by atoms with van der Waals surface area (Å²) >= 11 is 1.55. The fourth-order valence-corrected chi connectivity index (χ4v) is 2.79. The number of aliphatic imine (C=N–C) groups is 1. The molecule has 3 rings (SSSR count). The average Bonchev–Trinajstić information content (AvgIpc) is 2.90. The zero-order valence-electron chi connectivity index (χ0n) is 13.3. The van der Waals surface area contributed by atoms with Crippen LogP contribution in [0.25, 0.3) is 0 Å². The van der Waals surface area contributed by atoms with Gasteiger partial charge in [-0.2, -0.15) is 0 Å². The third-order valence-electron chi connectivity index (χ3n) is 3.22. The van der Waals surface area contributed by atoms with Crippen molar-refractivity contribution in [3.8, 4) is 11.5 Å². The van der Waals surface area contributed by atoms with Crippen molar-refractivity contribution in [2.45, 2.75) is 26.3 Å². The van der Waals surface area contributed by atoms with Gasteiger partial charge in [-0.25, -0.2) is 4.99 Å². The first kappa shape index (κ1) is 18.7. The van der Waals surface area contributed by atoms with Crippen LogP contribution >= 0.6 is 35.3 Å². The van der Waals surface area contributed by atoms with Gasteiger partial charge in [0.05, 0.1) is 19.8 Å². The molecule has 1 aromatic heterocycles. The molecule has 0 saturated carbocycles. The highest BCUT2D eigenvalue weighted by Gasteiger charge is 2.11. The number of aromatic nitrogens is 2. The number of anilines is 1. The Kier molecular flexibility index (Phi) is 7.03. The second kappa shape index (κ2) is 9.02. The molecule has 3 N–H and O–H groups in total. The predicted octanol–water partition coefficient (Wildman–Crippen LogP) is 2.81. The molecular weight excluding hydrogens is 441 g/mol. The number of halogens is 1. The van der Waals surface area contributed by atoms with Gasteiger partial charge in [-0.3, -0.25) is 0 Å². The first-order valence-electron chi connectivity index (χ1n) is 7.52. The van der Waals surface area contributed by atoms with Gasteiger partial charge in [-0.15, -0.1) is 34.2 Å². The third-order valence-corrected chi connectivity index (χ3v) is 4.27. The van der Waals surface area contributed by atoms with Crippen LogP contribution in [0, 0.1) is 0 Å². The minimum Gasteiger partial charge on any atom is -0.490 e. The van der Waals surface area contributed by atoms with E-state index in [1.54, 1.807) is 11.3 Å². The largest absolute Gasteiger partial charge is 0.490 e. The van der Waals surface area contributed by atoms with E-state index in [1.165, 1.54) is 0 Å². The molecule has 0 saturated heterocycles. The van der Waals surface area contributed by atoms with Gasteiger partial charge in [0.25, 0.3) is 0 Å². The molecule has 2 heterocycles. The van der Waals surface area contributed by atoms with Crippen molar-refractivity contribution in [2.24, 2.45) is 10.7 Å². The molecule has 1 aromatic carbocycles. The van der Waals surface area contributed by atoms with Crippen molar-refractivity contribution >= 4 is 47.0 Å². The summed E-state index contributed by atoms with van der Waals surface area (Å²) in [6, 6.07) is 5.62. The van der Waals surface area contributed by atoms with E-state index in [4.69, 9.17) is 15.2 Å². The van der Waals surface area contributed by atoms with Crippen LogP contribution in [-0.2, 0) is 13.0 Å². The molecule has 2 aromatic rings. The monoisotopic (exact) mass is 461 g/mol. The van der Waals surface area contributed by atoms with Crippen LogP contribution in [0.5, 0.6) is 11.5 Å². The zero-order valence-corrected chi connectivity index (χ0v) is 16.5. The lowest BCUT2D eigenvalue weighted by Gasteiger charge is -2.10. The molecule has 9 heteroatoms. The third kappa shape index (κ3) is 4.94. The Morgan fingerprint density at radius 2 is 2.00 bits per heavy atom. The fourth-order valence-electron chi connectivity index (χ4n) is 2.08. The SMILES string of the molecule is CCc1nnc(CN=C(N)Nc2ccc3c(c2)OCCCO3)s1.I. The summed E-state index contributed by atoms with van der Waals surface area (Å²) in [4.78, 5) is 4.29. The molecule has 1 aliphatic heterocycles. The number of hydrogen-bond acceptors (Lipinski definition) is 6. The summed E-state index contributed by atoms with van der Waals surface area (Å²) in [5.74, 6) is 1.80. The first-order valence-corrected chi connectivity index (χ1v) is 8.34. The molecule has 130 valence electrons. The minimum absolute atomic E-state index is 0. The van der Waals surface area contributed by atoms with E-state index in [0.717, 1.165) is 40.0 Å². The second-order valence-corrected chi connectivity index (χ2v) is 6.13. The van der Waals surface area contributed by atoms with Crippen molar-refractivity contribution < 1.29 is 9.47 Å². The van der Waals surface area contributed by atoms with Gasteiger partial charge < -0.3 is 20.5 Å². The molecule has 7 nitrogen and oxygen atoms in total.